The summed E-state index contributed by atoms with van der Waals surface area (Å²) in [5.74, 6) is 0.348. The van der Waals surface area contributed by atoms with Gasteiger partial charge in [-0.2, -0.15) is 0 Å². The average Bonchev–Trinajstić information content (AvgIpc) is 2.75. The molecule has 0 aliphatic carbocycles. The van der Waals surface area contributed by atoms with Crippen molar-refractivity contribution in [1.82, 2.24) is 0 Å². The summed E-state index contributed by atoms with van der Waals surface area (Å²) in [7, 11) is 1.25. The van der Waals surface area contributed by atoms with Gasteiger partial charge in [0.05, 0.1) is 7.11 Å². The topological polar surface area (TPSA) is 71.1 Å². The number of carbonyl (C=O) groups is 2. The third-order valence-corrected chi connectivity index (χ3v) is 4.35. The number of methoxy groups -OCH3 is 1. The molecule has 0 amide bonds. The lowest BCUT2D eigenvalue weighted by molar-refractivity contribution is 0.0597. The standard InChI is InChI=1S/C24H22O6/c1-24(2,17-9-5-4-6-10-17)30-19-15-13-18(14-16-19)28-23(26)29-21-12-8-7-11-20(21)22(25)27-3/h4-16H,1-3H3. The molecular weight excluding hydrogens is 384 g/mol. The second-order valence-electron chi connectivity index (χ2n) is 6.89. The van der Waals surface area contributed by atoms with Gasteiger partial charge in [-0.3, -0.25) is 0 Å². The van der Waals surface area contributed by atoms with Crippen molar-refractivity contribution in [3.05, 3.63) is 90.0 Å². The summed E-state index contributed by atoms with van der Waals surface area (Å²) < 4.78 is 21.1. The molecule has 6 nitrogen and oxygen atoms in total. The van der Waals surface area contributed by atoms with Crippen LogP contribution in [0.5, 0.6) is 17.2 Å². The lowest BCUT2D eigenvalue weighted by Gasteiger charge is -2.27. The maximum absolute atomic E-state index is 12.1. The Morgan fingerprint density at radius 1 is 0.733 bits per heavy atom. The molecule has 6 heteroatoms. The third-order valence-electron chi connectivity index (χ3n) is 4.35. The maximum atomic E-state index is 12.1. The van der Waals surface area contributed by atoms with E-state index >= 15 is 0 Å². The third kappa shape index (κ3) is 5.17. The van der Waals surface area contributed by atoms with E-state index in [0.29, 0.717) is 5.75 Å². The number of rotatable bonds is 6. The monoisotopic (exact) mass is 406 g/mol. The highest BCUT2D eigenvalue weighted by Crippen LogP contribution is 2.29. The van der Waals surface area contributed by atoms with Crippen molar-refractivity contribution in [2.24, 2.45) is 0 Å². The predicted molar refractivity (Wildman–Crippen MR) is 111 cm³/mol. The van der Waals surface area contributed by atoms with E-state index in [2.05, 4.69) is 4.74 Å². The van der Waals surface area contributed by atoms with Crippen molar-refractivity contribution in [2.75, 3.05) is 7.11 Å². The first-order valence-corrected chi connectivity index (χ1v) is 9.30. The van der Waals surface area contributed by atoms with Crippen LogP contribution in [0, 0.1) is 0 Å². The van der Waals surface area contributed by atoms with Crippen LogP contribution < -0.4 is 14.2 Å². The van der Waals surface area contributed by atoms with E-state index in [1.165, 1.54) is 19.2 Å². The van der Waals surface area contributed by atoms with Gasteiger partial charge in [-0.25, -0.2) is 9.59 Å². The zero-order chi connectivity index (χ0) is 21.6. The van der Waals surface area contributed by atoms with Gasteiger partial charge in [0.25, 0.3) is 0 Å². The first-order chi connectivity index (χ1) is 14.4. The van der Waals surface area contributed by atoms with Crippen LogP contribution in [-0.2, 0) is 10.3 Å². The number of benzene rings is 3. The van der Waals surface area contributed by atoms with Gasteiger partial charge in [-0.1, -0.05) is 42.5 Å². The van der Waals surface area contributed by atoms with Gasteiger partial charge >= 0.3 is 12.1 Å². The van der Waals surface area contributed by atoms with E-state index < -0.39 is 17.7 Å². The minimum atomic E-state index is -0.968. The fourth-order valence-electron chi connectivity index (χ4n) is 2.81. The van der Waals surface area contributed by atoms with Crippen molar-refractivity contribution in [3.8, 4) is 17.2 Å². The van der Waals surface area contributed by atoms with E-state index in [-0.39, 0.29) is 17.1 Å². The van der Waals surface area contributed by atoms with Crippen LogP contribution in [0.3, 0.4) is 0 Å². The van der Waals surface area contributed by atoms with Crippen LogP contribution in [0.4, 0.5) is 4.79 Å². The molecular formula is C24H22O6. The molecule has 0 aliphatic rings. The van der Waals surface area contributed by atoms with Crippen molar-refractivity contribution in [3.63, 3.8) is 0 Å². The van der Waals surface area contributed by atoms with Crippen molar-refractivity contribution >= 4 is 12.1 Å². The summed E-state index contributed by atoms with van der Waals surface area (Å²) in [5.41, 5.74) is 0.641. The molecule has 0 fully saturated rings. The summed E-state index contributed by atoms with van der Waals surface area (Å²) in [6.07, 6.45) is -0.968. The molecule has 0 spiro atoms. The first-order valence-electron chi connectivity index (χ1n) is 9.30. The van der Waals surface area contributed by atoms with Crippen LogP contribution in [0.15, 0.2) is 78.9 Å². The van der Waals surface area contributed by atoms with Crippen molar-refractivity contribution in [1.29, 1.82) is 0 Å². The van der Waals surface area contributed by atoms with Gasteiger partial charge in [-0.15, -0.1) is 0 Å². The Morgan fingerprint density at radius 3 is 2.00 bits per heavy atom. The smallest absolute Gasteiger partial charge is 0.483 e. The molecule has 0 N–H and O–H groups in total. The molecule has 0 unspecified atom stereocenters. The van der Waals surface area contributed by atoms with Crippen LogP contribution in [0.25, 0.3) is 0 Å². The summed E-state index contributed by atoms with van der Waals surface area (Å²) >= 11 is 0. The second kappa shape index (κ2) is 9.13. The number of esters is 1. The normalized spacial score (nSPS) is 10.8. The van der Waals surface area contributed by atoms with E-state index in [1.54, 1.807) is 36.4 Å². The molecule has 0 bridgehead atoms. The Hall–Kier alpha value is -3.80. The SMILES string of the molecule is COC(=O)c1ccccc1OC(=O)Oc1ccc(OC(C)(C)c2ccccc2)cc1. The Balaban J connectivity index is 1.64. The Kier molecular flexibility index (Phi) is 6.37. The Labute approximate surface area is 175 Å². The predicted octanol–water partition coefficient (Wildman–Crippen LogP) is 5.37. The van der Waals surface area contributed by atoms with Crippen LogP contribution in [0.2, 0.25) is 0 Å². The van der Waals surface area contributed by atoms with Crippen LogP contribution >= 0.6 is 0 Å². The fraction of sp³-hybridized carbons (Fsp3) is 0.167. The van der Waals surface area contributed by atoms with Gasteiger partial charge in [0.2, 0.25) is 0 Å². The number of carbonyl (C=O) groups excluding carboxylic acids is 2. The average molecular weight is 406 g/mol. The van der Waals surface area contributed by atoms with Crippen molar-refractivity contribution < 1.29 is 28.5 Å². The highest BCUT2D eigenvalue weighted by molar-refractivity contribution is 5.93. The molecule has 30 heavy (non-hydrogen) atoms. The quantitative estimate of drug-likeness (QED) is 0.405. The van der Waals surface area contributed by atoms with Gasteiger partial charge in [0, 0.05) is 0 Å². The van der Waals surface area contributed by atoms with Gasteiger partial charge in [0.15, 0.2) is 0 Å². The first kappa shape index (κ1) is 20.9. The molecule has 0 atom stereocenters. The van der Waals surface area contributed by atoms with Crippen LogP contribution in [0.1, 0.15) is 29.8 Å². The highest BCUT2D eigenvalue weighted by atomic mass is 16.7. The minimum absolute atomic E-state index is 0.0546. The largest absolute Gasteiger partial charge is 0.519 e. The van der Waals surface area contributed by atoms with E-state index in [4.69, 9.17) is 14.2 Å². The molecule has 0 saturated carbocycles. The molecule has 0 radical (unpaired) electrons. The Morgan fingerprint density at radius 2 is 1.33 bits per heavy atom. The molecule has 3 rings (SSSR count). The highest BCUT2D eigenvalue weighted by Gasteiger charge is 2.22. The lowest BCUT2D eigenvalue weighted by atomic mass is 9.98. The molecule has 3 aromatic rings. The van der Waals surface area contributed by atoms with E-state index in [0.717, 1.165) is 5.56 Å². The molecule has 0 aliphatic heterocycles. The number of hydrogen-bond acceptors (Lipinski definition) is 6. The lowest BCUT2D eigenvalue weighted by Crippen LogP contribution is -2.25. The summed E-state index contributed by atoms with van der Waals surface area (Å²) in [6.45, 7) is 3.95. The number of ether oxygens (including phenoxy) is 4. The fourth-order valence-corrected chi connectivity index (χ4v) is 2.81. The van der Waals surface area contributed by atoms with E-state index in [9.17, 15) is 9.59 Å². The molecule has 154 valence electrons. The van der Waals surface area contributed by atoms with Crippen LogP contribution in [-0.4, -0.2) is 19.2 Å². The van der Waals surface area contributed by atoms with Crippen molar-refractivity contribution in [2.45, 2.75) is 19.4 Å². The molecule has 0 heterocycles. The summed E-state index contributed by atoms with van der Waals surface area (Å²) in [5, 5.41) is 0. The second-order valence-corrected chi connectivity index (χ2v) is 6.89. The van der Waals surface area contributed by atoms with Gasteiger partial charge in [-0.05, 0) is 55.8 Å². The maximum Gasteiger partial charge on any atom is 0.519 e. The van der Waals surface area contributed by atoms with Gasteiger partial charge in [0.1, 0.15) is 28.4 Å². The summed E-state index contributed by atoms with van der Waals surface area (Å²) in [6, 6.07) is 22.7. The molecule has 3 aromatic carbocycles. The molecule has 0 aromatic heterocycles. The minimum Gasteiger partial charge on any atom is -0.483 e. The Bertz CT molecular complexity index is 1010. The molecule has 0 saturated heterocycles. The van der Waals surface area contributed by atoms with E-state index in [1.807, 2.05) is 44.2 Å². The number of para-hydroxylation sites is 1. The zero-order valence-electron chi connectivity index (χ0n) is 17.0. The van der Waals surface area contributed by atoms with Gasteiger partial charge < -0.3 is 18.9 Å². The number of hydrogen-bond donors (Lipinski definition) is 0. The zero-order valence-corrected chi connectivity index (χ0v) is 17.0. The summed E-state index contributed by atoms with van der Waals surface area (Å²) in [4.78, 5) is 23.9.